The van der Waals surface area contributed by atoms with Crippen LogP contribution in [0.4, 0.5) is 13.2 Å². The summed E-state index contributed by atoms with van der Waals surface area (Å²) in [4.78, 5) is 13.3. The molecule has 1 amide bonds. The Kier molecular flexibility index (Phi) is 6.06. The van der Waals surface area contributed by atoms with Gasteiger partial charge in [-0.25, -0.2) is 0 Å². The van der Waals surface area contributed by atoms with E-state index in [9.17, 15) is 18.0 Å². The number of alkyl halides is 3. The standard InChI is InChI=1S/C11H19F3N2OS/c1-4-10(5-2,8(15)18)9(17)16(3)7-6-11(12,13)14/h4-7H2,1-3H3,(H2,15,18). The molecule has 0 aliphatic carbocycles. The van der Waals surface area contributed by atoms with E-state index in [0.717, 1.165) is 4.90 Å². The summed E-state index contributed by atoms with van der Waals surface area (Å²) < 4.78 is 36.3. The number of carbonyl (C=O) groups is 1. The molecule has 18 heavy (non-hydrogen) atoms. The predicted molar refractivity (Wildman–Crippen MR) is 68.1 cm³/mol. The summed E-state index contributed by atoms with van der Waals surface area (Å²) in [5.74, 6) is -0.441. The quantitative estimate of drug-likeness (QED) is 0.762. The van der Waals surface area contributed by atoms with Gasteiger partial charge in [-0.3, -0.25) is 4.79 Å². The van der Waals surface area contributed by atoms with Crippen LogP contribution in [0, 0.1) is 5.41 Å². The lowest BCUT2D eigenvalue weighted by atomic mass is 9.81. The van der Waals surface area contributed by atoms with Gasteiger partial charge in [0.2, 0.25) is 5.91 Å². The van der Waals surface area contributed by atoms with E-state index < -0.39 is 23.9 Å². The summed E-state index contributed by atoms with van der Waals surface area (Å²) >= 11 is 4.89. The molecule has 0 saturated heterocycles. The summed E-state index contributed by atoms with van der Waals surface area (Å²) in [6.45, 7) is 3.11. The van der Waals surface area contributed by atoms with Gasteiger partial charge >= 0.3 is 6.18 Å². The molecule has 0 radical (unpaired) electrons. The molecule has 0 spiro atoms. The Balaban J connectivity index is 4.84. The minimum Gasteiger partial charge on any atom is -0.392 e. The Hall–Kier alpha value is -0.850. The zero-order chi connectivity index (χ0) is 14.6. The molecule has 0 aliphatic rings. The highest BCUT2D eigenvalue weighted by molar-refractivity contribution is 7.80. The van der Waals surface area contributed by atoms with Gasteiger partial charge in [-0.2, -0.15) is 13.2 Å². The predicted octanol–water partition coefficient (Wildman–Crippen LogP) is 2.49. The van der Waals surface area contributed by atoms with E-state index in [2.05, 4.69) is 0 Å². The zero-order valence-electron chi connectivity index (χ0n) is 10.8. The van der Waals surface area contributed by atoms with Crippen molar-refractivity contribution in [3.05, 3.63) is 0 Å². The van der Waals surface area contributed by atoms with Crippen LogP contribution in [0.3, 0.4) is 0 Å². The van der Waals surface area contributed by atoms with Crippen molar-refractivity contribution in [3.63, 3.8) is 0 Å². The van der Waals surface area contributed by atoms with E-state index in [1.165, 1.54) is 7.05 Å². The van der Waals surface area contributed by atoms with Crippen LogP contribution >= 0.6 is 12.2 Å². The second-order valence-electron chi connectivity index (χ2n) is 4.25. The second-order valence-corrected chi connectivity index (χ2v) is 4.69. The zero-order valence-corrected chi connectivity index (χ0v) is 11.6. The van der Waals surface area contributed by atoms with Gasteiger partial charge in [-0.05, 0) is 12.8 Å². The first-order valence-corrected chi connectivity index (χ1v) is 6.13. The maximum absolute atomic E-state index is 12.2. The van der Waals surface area contributed by atoms with Crippen LogP contribution in [0.1, 0.15) is 33.1 Å². The SMILES string of the molecule is CCC(CC)(C(=O)N(C)CCC(F)(F)F)C(N)=S. The van der Waals surface area contributed by atoms with Gasteiger partial charge in [0, 0.05) is 13.6 Å². The number of hydrogen-bond acceptors (Lipinski definition) is 2. The fourth-order valence-corrected chi connectivity index (χ4v) is 2.14. The Morgan fingerprint density at radius 3 is 2.00 bits per heavy atom. The molecule has 0 heterocycles. The van der Waals surface area contributed by atoms with Crippen molar-refractivity contribution in [2.24, 2.45) is 11.1 Å². The highest BCUT2D eigenvalue weighted by Gasteiger charge is 2.40. The third kappa shape index (κ3) is 4.12. The fraction of sp³-hybridized carbons (Fsp3) is 0.818. The first-order valence-electron chi connectivity index (χ1n) is 5.73. The van der Waals surface area contributed by atoms with E-state index in [0.29, 0.717) is 12.8 Å². The van der Waals surface area contributed by atoms with Crippen molar-refractivity contribution in [2.45, 2.75) is 39.3 Å². The number of halogens is 3. The summed E-state index contributed by atoms with van der Waals surface area (Å²) in [6.07, 6.45) is -4.54. The van der Waals surface area contributed by atoms with Gasteiger partial charge in [0.15, 0.2) is 0 Å². The Morgan fingerprint density at radius 2 is 1.72 bits per heavy atom. The Bertz CT molecular complexity index is 314. The summed E-state index contributed by atoms with van der Waals surface area (Å²) in [5, 5.41) is 0. The average Bonchev–Trinajstić information content (AvgIpc) is 2.26. The molecule has 0 saturated carbocycles. The first kappa shape index (κ1) is 17.2. The molecule has 0 atom stereocenters. The number of thiocarbonyl (C=S) groups is 1. The minimum absolute atomic E-state index is 0.0383. The van der Waals surface area contributed by atoms with Crippen molar-refractivity contribution < 1.29 is 18.0 Å². The van der Waals surface area contributed by atoms with Crippen LogP contribution in [0.2, 0.25) is 0 Å². The van der Waals surface area contributed by atoms with Crippen molar-refractivity contribution in [3.8, 4) is 0 Å². The maximum atomic E-state index is 12.2. The van der Waals surface area contributed by atoms with E-state index in [-0.39, 0.29) is 11.5 Å². The smallest absolute Gasteiger partial charge is 0.390 e. The van der Waals surface area contributed by atoms with Crippen LogP contribution in [-0.4, -0.2) is 35.6 Å². The average molecular weight is 284 g/mol. The maximum Gasteiger partial charge on any atom is 0.390 e. The van der Waals surface area contributed by atoms with Crippen LogP contribution in [-0.2, 0) is 4.79 Å². The number of amides is 1. The van der Waals surface area contributed by atoms with E-state index in [1.54, 1.807) is 13.8 Å². The number of carbonyl (C=O) groups excluding carboxylic acids is 1. The van der Waals surface area contributed by atoms with E-state index >= 15 is 0 Å². The van der Waals surface area contributed by atoms with Crippen molar-refractivity contribution in [1.29, 1.82) is 0 Å². The molecule has 0 bridgehead atoms. The van der Waals surface area contributed by atoms with Gasteiger partial charge in [-0.1, -0.05) is 26.1 Å². The fourth-order valence-electron chi connectivity index (χ4n) is 1.77. The topological polar surface area (TPSA) is 46.3 Å². The third-order valence-corrected chi connectivity index (χ3v) is 3.56. The van der Waals surface area contributed by atoms with Gasteiger partial charge in [0.25, 0.3) is 0 Å². The lowest BCUT2D eigenvalue weighted by Crippen LogP contribution is -2.49. The molecule has 0 unspecified atom stereocenters. The molecule has 0 aliphatic heterocycles. The number of nitrogens with two attached hydrogens (primary N) is 1. The van der Waals surface area contributed by atoms with Gasteiger partial charge in [0.05, 0.1) is 16.8 Å². The minimum atomic E-state index is -4.28. The lowest BCUT2D eigenvalue weighted by molar-refractivity contribution is -0.147. The molecule has 2 N–H and O–H groups in total. The Labute approximate surface area is 111 Å². The lowest BCUT2D eigenvalue weighted by Gasteiger charge is -2.33. The van der Waals surface area contributed by atoms with Crippen LogP contribution in [0.5, 0.6) is 0 Å². The molecule has 3 nitrogen and oxygen atoms in total. The molecule has 0 aromatic heterocycles. The highest BCUT2D eigenvalue weighted by atomic mass is 32.1. The molecule has 0 rings (SSSR count). The molecule has 0 aromatic rings. The van der Waals surface area contributed by atoms with Crippen LogP contribution in [0.15, 0.2) is 0 Å². The van der Waals surface area contributed by atoms with Crippen LogP contribution < -0.4 is 5.73 Å². The Morgan fingerprint density at radius 1 is 1.28 bits per heavy atom. The molecular formula is C11H19F3N2OS. The molecule has 0 aromatic carbocycles. The molecule has 0 fully saturated rings. The third-order valence-electron chi connectivity index (χ3n) is 3.17. The molecule has 7 heteroatoms. The van der Waals surface area contributed by atoms with Gasteiger partial charge in [0.1, 0.15) is 0 Å². The second kappa shape index (κ2) is 6.36. The molecule has 106 valence electrons. The van der Waals surface area contributed by atoms with Gasteiger partial charge < -0.3 is 10.6 Å². The highest BCUT2D eigenvalue weighted by Crippen LogP contribution is 2.30. The first-order chi connectivity index (χ1) is 8.10. The van der Waals surface area contributed by atoms with Crippen LogP contribution in [0.25, 0.3) is 0 Å². The number of nitrogens with zero attached hydrogens (tertiary/aromatic N) is 1. The van der Waals surface area contributed by atoms with Gasteiger partial charge in [-0.15, -0.1) is 0 Å². The number of rotatable bonds is 6. The van der Waals surface area contributed by atoms with Crippen molar-refractivity contribution >= 4 is 23.1 Å². The van der Waals surface area contributed by atoms with Crippen molar-refractivity contribution in [1.82, 2.24) is 4.90 Å². The van der Waals surface area contributed by atoms with E-state index in [4.69, 9.17) is 18.0 Å². The summed E-state index contributed by atoms with van der Waals surface area (Å²) in [5.41, 5.74) is 4.54. The number of hydrogen-bond donors (Lipinski definition) is 1. The van der Waals surface area contributed by atoms with Crippen molar-refractivity contribution in [2.75, 3.05) is 13.6 Å². The summed E-state index contributed by atoms with van der Waals surface area (Å²) in [7, 11) is 1.34. The monoisotopic (exact) mass is 284 g/mol. The van der Waals surface area contributed by atoms with E-state index in [1.807, 2.05) is 0 Å². The molecular weight excluding hydrogens is 265 g/mol. The normalized spacial score (nSPS) is 12.3. The largest absolute Gasteiger partial charge is 0.392 e. The summed E-state index contributed by atoms with van der Waals surface area (Å²) in [6, 6.07) is 0.